The maximum Gasteiger partial charge on any atom is 0.111 e. The number of alkyl halides is 1. The first-order chi connectivity index (χ1) is 6.56. The quantitative estimate of drug-likeness (QED) is 0.160. The average molecular weight is 329 g/mol. The minimum Gasteiger partial charge on any atom is -0.309 e. The third-order valence-corrected chi connectivity index (χ3v) is 3.14. The summed E-state index contributed by atoms with van der Waals surface area (Å²) in [5.74, 6) is 0. The minimum atomic E-state index is -0.292. The third-order valence-electron chi connectivity index (χ3n) is 2.38. The molecule has 0 saturated carbocycles. The zero-order chi connectivity index (χ0) is 10.9. The molecule has 0 bridgehead atoms. The van der Waals surface area contributed by atoms with Gasteiger partial charge in [0.2, 0.25) is 0 Å². The van der Waals surface area contributed by atoms with Crippen LogP contribution in [0.3, 0.4) is 0 Å². The van der Waals surface area contributed by atoms with Gasteiger partial charge in [-0.2, -0.15) is 0 Å². The van der Waals surface area contributed by atoms with Crippen molar-refractivity contribution in [3.8, 4) is 0 Å². The second kappa shape index (κ2) is 9.28. The molecule has 2 N–H and O–H groups in total. The van der Waals surface area contributed by atoms with Crippen molar-refractivity contribution in [2.45, 2.75) is 67.6 Å². The molecule has 86 valence electrons. The van der Waals surface area contributed by atoms with Crippen LogP contribution in [-0.4, -0.2) is 2.88 Å². The van der Waals surface area contributed by atoms with E-state index in [1.165, 1.54) is 51.4 Å². The highest BCUT2D eigenvalue weighted by Crippen LogP contribution is 2.23. The molecule has 0 aromatic carbocycles. The van der Waals surface area contributed by atoms with Gasteiger partial charge in [-0.05, 0) is 35.4 Å². The van der Waals surface area contributed by atoms with E-state index in [-0.39, 0.29) is 2.88 Å². The van der Waals surface area contributed by atoms with Crippen molar-refractivity contribution in [3.63, 3.8) is 0 Å². The van der Waals surface area contributed by atoms with Crippen LogP contribution in [-0.2, 0) is 0 Å². The van der Waals surface area contributed by atoms with Gasteiger partial charge in [-0.1, -0.05) is 51.9 Å². The Labute approximate surface area is 108 Å². The molecule has 0 spiro atoms. The van der Waals surface area contributed by atoms with Crippen LogP contribution < -0.4 is 5.73 Å². The summed E-state index contributed by atoms with van der Waals surface area (Å²) in [6.07, 6.45) is 11.9. The molecule has 0 rings (SSSR count). The molecular weight excluding hydrogens is 305 g/mol. The predicted molar refractivity (Wildman–Crippen MR) is 77.2 cm³/mol. The second-order valence-electron chi connectivity index (χ2n) is 4.04. The van der Waals surface area contributed by atoms with Crippen LogP contribution in [0.25, 0.3) is 0 Å². The molecule has 0 radical (unpaired) electrons. The molecule has 0 fully saturated rings. The molecule has 0 aliphatic heterocycles. The van der Waals surface area contributed by atoms with E-state index >= 15 is 0 Å². The van der Waals surface area contributed by atoms with Gasteiger partial charge >= 0.3 is 0 Å². The highest BCUT2D eigenvalue weighted by molar-refractivity contribution is 14.1. The van der Waals surface area contributed by atoms with Gasteiger partial charge in [-0.15, -0.1) is 12.6 Å². The standard InChI is InChI=1S/C11H24INS/c1-2-3-4-5-6-7-8-9-10-11(12,13)14/h14H,2-10,13H2,1H3. The normalized spacial score (nSPS) is 15.4. The first kappa shape index (κ1) is 15.0. The molecule has 14 heavy (non-hydrogen) atoms. The van der Waals surface area contributed by atoms with Crippen molar-refractivity contribution < 1.29 is 0 Å². The lowest BCUT2D eigenvalue weighted by Crippen LogP contribution is -2.24. The maximum atomic E-state index is 5.77. The first-order valence-electron chi connectivity index (χ1n) is 5.76. The SMILES string of the molecule is CCCCCCCCCCC(N)(S)I. The Morgan fingerprint density at radius 1 is 1.00 bits per heavy atom. The van der Waals surface area contributed by atoms with Crippen molar-refractivity contribution in [2.24, 2.45) is 5.73 Å². The Bertz CT molecular complexity index is 123. The molecule has 0 aromatic heterocycles. The summed E-state index contributed by atoms with van der Waals surface area (Å²) in [6, 6.07) is 0. The van der Waals surface area contributed by atoms with Gasteiger partial charge in [0.15, 0.2) is 0 Å². The fourth-order valence-corrected chi connectivity index (χ4v) is 2.05. The average Bonchev–Trinajstić information content (AvgIpc) is 2.08. The van der Waals surface area contributed by atoms with Crippen LogP contribution in [0.2, 0.25) is 0 Å². The summed E-state index contributed by atoms with van der Waals surface area (Å²) in [6.45, 7) is 2.26. The largest absolute Gasteiger partial charge is 0.309 e. The fourth-order valence-electron chi connectivity index (χ4n) is 1.51. The zero-order valence-corrected chi connectivity index (χ0v) is 12.3. The van der Waals surface area contributed by atoms with Gasteiger partial charge in [-0.25, -0.2) is 0 Å². The maximum absolute atomic E-state index is 5.77. The topological polar surface area (TPSA) is 26.0 Å². The highest BCUT2D eigenvalue weighted by atomic mass is 127. The molecule has 1 atom stereocenters. The van der Waals surface area contributed by atoms with Crippen LogP contribution in [0.4, 0.5) is 0 Å². The molecular formula is C11H24INS. The molecule has 0 aliphatic carbocycles. The smallest absolute Gasteiger partial charge is 0.111 e. The summed E-state index contributed by atoms with van der Waals surface area (Å²) in [4.78, 5) is 0. The number of hydrogen-bond acceptors (Lipinski definition) is 2. The molecule has 0 saturated heterocycles. The lowest BCUT2D eigenvalue weighted by atomic mass is 10.1. The van der Waals surface area contributed by atoms with Gasteiger partial charge in [0.25, 0.3) is 0 Å². The first-order valence-corrected chi connectivity index (χ1v) is 7.29. The van der Waals surface area contributed by atoms with Crippen molar-refractivity contribution in [2.75, 3.05) is 0 Å². The zero-order valence-electron chi connectivity index (χ0n) is 9.27. The Morgan fingerprint density at radius 2 is 1.43 bits per heavy atom. The second-order valence-corrected chi connectivity index (χ2v) is 7.62. The van der Waals surface area contributed by atoms with E-state index in [1.54, 1.807) is 0 Å². The molecule has 1 unspecified atom stereocenters. The van der Waals surface area contributed by atoms with Crippen LogP contribution in [0.1, 0.15) is 64.7 Å². The van der Waals surface area contributed by atoms with Gasteiger partial charge < -0.3 is 5.73 Å². The predicted octanol–water partition coefficient (Wildman–Crippen LogP) is 4.49. The van der Waals surface area contributed by atoms with E-state index in [9.17, 15) is 0 Å². The minimum absolute atomic E-state index is 0.292. The summed E-state index contributed by atoms with van der Waals surface area (Å²) < 4.78 is -0.292. The van der Waals surface area contributed by atoms with Gasteiger partial charge in [0.1, 0.15) is 2.88 Å². The summed E-state index contributed by atoms with van der Waals surface area (Å²) in [7, 11) is 0. The Hall–Kier alpha value is 1.04. The number of unbranched alkanes of at least 4 members (excludes halogenated alkanes) is 7. The summed E-state index contributed by atoms with van der Waals surface area (Å²) in [5, 5.41) is 0. The Kier molecular flexibility index (Phi) is 9.97. The van der Waals surface area contributed by atoms with Crippen molar-refractivity contribution in [3.05, 3.63) is 0 Å². The van der Waals surface area contributed by atoms with Crippen molar-refractivity contribution in [1.29, 1.82) is 0 Å². The van der Waals surface area contributed by atoms with Crippen molar-refractivity contribution in [1.82, 2.24) is 0 Å². The van der Waals surface area contributed by atoms with E-state index in [0.29, 0.717) is 0 Å². The third kappa shape index (κ3) is 13.0. The lowest BCUT2D eigenvalue weighted by Gasteiger charge is -2.14. The van der Waals surface area contributed by atoms with E-state index < -0.39 is 0 Å². The molecule has 0 aromatic rings. The van der Waals surface area contributed by atoms with Crippen LogP contribution >= 0.6 is 35.2 Å². The number of nitrogens with two attached hydrogens (primary N) is 1. The number of hydrogen-bond donors (Lipinski definition) is 2. The van der Waals surface area contributed by atoms with Gasteiger partial charge in [-0.3, -0.25) is 0 Å². The molecule has 1 nitrogen and oxygen atoms in total. The van der Waals surface area contributed by atoms with E-state index in [4.69, 9.17) is 5.73 Å². The number of thiol groups is 1. The summed E-state index contributed by atoms with van der Waals surface area (Å²) in [5.41, 5.74) is 5.77. The van der Waals surface area contributed by atoms with E-state index in [1.807, 2.05) is 0 Å². The molecule has 0 aliphatic rings. The Morgan fingerprint density at radius 3 is 1.86 bits per heavy atom. The van der Waals surface area contributed by atoms with E-state index in [0.717, 1.165) is 6.42 Å². The fraction of sp³-hybridized carbons (Fsp3) is 1.00. The number of rotatable bonds is 9. The highest BCUT2D eigenvalue weighted by Gasteiger charge is 2.12. The van der Waals surface area contributed by atoms with Crippen LogP contribution in [0.15, 0.2) is 0 Å². The summed E-state index contributed by atoms with van der Waals surface area (Å²) >= 11 is 6.49. The molecule has 0 amide bonds. The van der Waals surface area contributed by atoms with Crippen LogP contribution in [0.5, 0.6) is 0 Å². The number of halogens is 1. The van der Waals surface area contributed by atoms with Gasteiger partial charge in [0.05, 0.1) is 0 Å². The molecule has 3 heteroatoms. The Balaban J connectivity index is 2.99. The lowest BCUT2D eigenvalue weighted by molar-refractivity contribution is 0.560. The molecule has 0 heterocycles. The van der Waals surface area contributed by atoms with E-state index in [2.05, 4.69) is 42.1 Å². The van der Waals surface area contributed by atoms with Crippen LogP contribution in [0, 0.1) is 0 Å². The van der Waals surface area contributed by atoms with Crippen molar-refractivity contribution >= 4 is 35.2 Å². The monoisotopic (exact) mass is 329 g/mol. The van der Waals surface area contributed by atoms with Gasteiger partial charge in [0, 0.05) is 0 Å².